The van der Waals surface area contributed by atoms with Crippen LogP contribution in [0, 0.1) is 0 Å². The van der Waals surface area contributed by atoms with Gasteiger partial charge in [0.1, 0.15) is 13.8 Å². The first-order valence-corrected chi connectivity index (χ1v) is 7.53. The lowest BCUT2D eigenvalue weighted by molar-refractivity contribution is -0.571. The summed E-state index contributed by atoms with van der Waals surface area (Å²) in [5, 5.41) is 8.49. The Morgan fingerprint density at radius 2 is 1.17 bits per heavy atom. The molecular weight excluding hydrogens is 296 g/mol. The van der Waals surface area contributed by atoms with Crippen LogP contribution >= 0.6 is 0 Å². The fraction of sp³-hybridized carbons (Fsp3) is 0.812. The maximum Gasteiger partial charge on any atom is 0.318 e. The SMILES string of the molecule is C=[N+](C)C(C)O.CC(=O)N(C)C.CCC.CN(C)C(=O)N(C)C. The number of rotatable bonds is 1. The standard InChI is InChI=1S/C5H12N2O.C4H10NO.C4H9NO.C3H8/c1-6(2)5(8)7(3)4;2*1-4(6)5(2)3;1-3-2/h1-4H3;4,6H,2H2,1,3H3;1-3H3;3H2,1-2H3/q;+1;;. The average Bonchev–Trinajstić information content (AvgIpc) is 2.39. The van der Waals surface area contributed by atoms with E-state index in [9.17, 15) is 9.59 Å². The highest BCUT2D eigenvalue weighted by Gasteiger charge is 2.02. The summed E-state index contributed by atoms with van der Waals surface area (Å²) in [5.41, 5.74) is 0. The van der Waals surface area contributed by atoms with Crippen molar-refractivity contribution in [2.75, 3.05) is 49.3 Å². The van der Waals surface area contributed by atoms with E-state index >= 15 is 0 Å². The predicted molar refractivity (Wildman–Crippen MR) is 98.1 cm³/mol. The largest absolute Gasteiger partial charge is 0.349 e. The van der Waals surface area contributed by atoms with Gasteiger partial charge in [-0.25, -0.2) is 9.37 Å². The highest BCUT2D eigenvalue weighted by Crippen LogP contribution is 1.83. The summed E-state index contributed by atoms with van der Waals surface area (Å²) >= 11 is 0. The Morgan fingerprint density at radius 1 is 1.00 bits per heavy atom. The Morgan fingerprint density at radius 3 is 1.17 bits per heavy atom. The van der Waals surface area contributed by atoms with E-state index in [0.29, 0.717) is 0 Å². The van der Waals surface area contributed by atoms with Gasteiger partial charge in [-0.05, 0) is 0 Å². The summed E-state index contributed by atoms with van der Waals surface area (Å²) in [5.74, 6) is 0.0926. The Kier molecular flexibility index (Phi) is 23.5. The zero-order valence-corrected chi connectivity index (χ0v) is 17.0. The molecule has 0 heterocycles. The van der Waals surface area contributed by atoms with Gasteiger partial charge in [0.2, 0.25) is 5.91 Å². The average molecular weight is 336 g/mol. The van der Waals surface area contributed by atoms with Gasteiger partial charge in [0.25, 0.3) is 6.23 Å². The number of hydrogen-bond donors (Lipinski definition) is 1. The van der Waals surface area contributed by atoms with Gasteiger partial charge in [-0.2, -0.15) is 0 Å². The number of carbonyl (C=O) groups excluding carboxylic acids is 2. The molecule has 1 unspecified atom stereocenters. The van der Waals surface area contributed by atoms with Gasteiger partial charge in [-0.3, -0.25) is 4.79 Å². The van der Waals surface area contributed by atoms with E-state index in [0.717, 1.165) is 0 Å². The van der Waals surface area contributed by atoms with Crippen LogP contribution in [0.2, 0.25) is 0 Å². The van der Waals surface area contributed by atoms with Gasteiger partial charge < -0.3 is 19.8 Å². The van der Waals surface area contributed by atoms with Crippen LogP contribution in [0.3, 0.4) is 0 Å². The fourth-order valence-electron chi connectivity index (χ4n) is 0.400. The van der Waals surface area contributed by atoms with Crippen LogP contribution in [-0.2, 0) is 4.79 Å². The van der Waals surface area contributed by atoms with E-state index in [4.69, 9.17) is 5.11 Å². The molecule has 0 aliphatic rings. The third-order valence-corrected chi connectivity index (χ3v) is 2.03. The molecule has 7 nitrogen and oxygen atoms in total. The molecule has 0 spiro atoms. The monoisotopic (exact) mass is 335 g/mol. The molecule has 0 saturated carbocycles. The number of aliphatic hydroxyl groups is 1. The lowest BCUT2D eigenvalue weighted by Crippen LogP contribution is -2.33. The number of nitrogens with zero attached hydrogens (tertiary/aromatic N) is 4. The molecule has 7 heteroatoms. The zero-order chi connectivity index (χ0) is 19.7. The van der Waals surface area contributed by atoms with Crippen LogP contribution in [-0.4, -0.2) is 98.6 Å². The van der Waals surface area contributed by atoms with Crippen LogP contribution in [0.15, 0.2) is 0 Å². The van der Waals surface area contributed by atoms with Crippen molar-refractivity contribution in [3.8, 4) is 0 Å². The molecule has 0 aromatic heterocycles. The van der Waals surface area contributed by atoms with E-state index in [1.165, 1.54) is 32.6 Å². The summed E-state index contributed by atoms with van der Waals surface area (Å²) in [7, 11) is 12.1. The van der Waals surface area contributed by atoms with Crippen molar-refractivity contribution in [1.29, 1.82) is 0 Å². The molecule has 0 radical (unpaired) electrons. The molecule has 0 saturated heterocycles. The first-order chi connectivity index (χ1) is 10.3. The molecular formula is C16H39N4O3+. The molecule has 0 aromatic rings. The summed E-state index contributed by atoms with van der Waals surface area (Å²) in [6.07, 6.45) is 0.824. The maximum absolute atomic E-state index is 10.7. The minimum absolute atomic E-state index is 0.0185. The van der Waals surface area contributed by atoms with E-state index in [-0.39, 0.29) is 11.9 Å². The van der Waals surface area contributed by atoms with Crippen molar-refractivity contribution < 1.29 is 19.3 Å². The third-order valence-electron chi connectivity index (χ3n) is 2.03. The van der Waals surface area contributed by atoms with Gasteiger partial charge in [0.15, 0.2) is 0 Å². The quantitative estimate of drug-likeness (QED) is 0.447. The van der Waals surface area contributed by atoms with Crippen LogP contribution in [0.5, 0.6) is 0 Å². The molecule has 0 aliphatic heterocycles. The zero-order valence-electron chi connectivity index (χ0n) is 17.0. The lowest BCUT2D eigenvalue weighted by Gasteiger charge is -2.16. The Bertz CT molecular complexity index is 286. The van der Waals surface area contributed by atoms with Gasteiger partial charge in [-0.1, -0.05) is 20.3 Å². The number of amides is 3. The molecule has 0 fully saturated rings. The molecule has 0 bridgehead atoms. The van der Waals surface area contributed by atoms with Gasteiger partial charge in [-0.15, -0.1) is 0 Å². The van der Waals surface area contributed by atoms with Gasteiger partial charge >= 0.3 is 6.03 Å². The van der Waals surface area contributed by atoms with Crippen molar-refractivity contribution in [3.05, 3.63) is 0 Å². The molecule has 3 amide bonds. The number of carbonyl (C=O) groups is 2. The topological polar surface area (TPSA) is 67.1 Å². The van der Waals surface area contributed by atoms with Crippen molar-refractivity contribution in [2.24, 2.45) is 0 Å². The first kappa shape index (κ1) is 29.4. The first-order valence-electron chi connectivity index (χ1n) is 7.53. The number of urea groups is 1. The van der Waals surface area contributed by atoms with Gasteiger partial charge in [0, 0.05) is 56.1 Å². The van der Waals surface area contributed by atoms with Crippen LogP contribution in [0.25, 0.3) is 0 Å². The lowest BCUT2D eigenvalue weighted by atomic mass is 10.6. The van der Waals surface area contributed by atoms with Crippen LogP contribution < -0.4 is 0 Å². The summed E-state index contributed by atoms with van der Waals surface area (Å²) < 4.78 is 1.47. The second kappa shape index (κ2) is 18.4. The third kappa shape index (κ3) is 33.3. The molecule has 23 heavy (non-hydrogen) atoms. The van der Waals surface area contributed by atoms with E-state index < -0.39 is 6.23 Å². The van der Waals surface area contributed by atoms with Gasteiger partial charge in [0.05, 0.1) is 0 Å². The number of aliphatic hydroxyl groups excluding tert-OH is 1. The smallest absolute Gasteiger partial charge is 0.318 e. The number of hydrogen-bond acceptors (Lipinski definition) is 3. The van der Waals surface area contributed by atoms with Crippen molar-refractivity contribution in [2.45, 2.75) is 40.3 Å². The minimum atomic E-state index is -0.426. The molecule has 1 N–H and O–H groups in total. The molecule has 1 atom stereocenters. The van der Waals surface area contributed by atoms with E-state index in [1.807, 2.05) is 0 Å². The van der Waals surface area contributed by atoms with Crippen molar-refractivity contribution in [3.63, 3.8) is 0 Å². The summed E-state index contributed by atoms with van der Waals surface area (Å²) in [4.78, 5) is 25.3. The highest BCUT2D eigenvalue weighted by atomic mass is 16.3. The van der Waals surface area contributed by atoms with E-state index in [2.05, 4.69) is 20.6 Å². The highest BCUT2D eigenvalue weighted by molar-refractivity contribution is 5.73. The summed E-state index contributed by atoms with van der Waals surface area (Å²) in [6.45, 7) is 10.9. The fourth-order valence-corrected chi connectivity index (χ4v) is 0.400. The van der Waals surface area contributed by atoms with Crippen molar-refractivity contribution >= 4 is 18.7 Å². The molecule has 0 aromatic carbocycles. The van der Waals surface area contributed by atoms with Crippen molar-refractivity contribution in [1.82, 2.24) is 14.7 Å². The normalized spacial score (nSPS) is 9.39. The second-order valence-corrected chi connectivity index (χ2v) is 5.58. The molecule has 0 rings (SSSR count). The molecule has 140 valence electrons. The summed E-state index contributed by atoms with van der Waals surface area (Å²) in [6, 6.07) is 0.0185. The Labute approximate surface area is 143 Å². The molecule has 0 aliphatic carbocycles. The van der Waals surface area contributed by atoms with Crippen LogP contribution in [0.4, 0.5) is 4.79 Å². The maximum atomic E-state index is 10.7. The Hall–Kier alpha value is -1.63. The minimum Gasteiger partial charge on any atom is -0.349 e. The second-order valence-electron chi connectivity index (χ2n) is 5.58. The Balaban J connectivity index is -0.000000110. The van der Waals surface area contributed by atoms with E-state index in [1.54, 1.807) is 56.3 Å². The predicted octanol–water partition coefficient (Wildman–Crippen LogP) is 1.41. The van der Waals surface area contributed by atoms with Crippen LogP contribution in [0.1, 0.15) is 34.1 Å².